The van der Waals surface area contributed by atoms with Crippen LogP contribution in [0.1, 0.15) is 39.2 Å². The predicted octanol–water partition coefficient (Wildman–Crippen LogP) is 2.37. The molecule has 1 N–H and O–H groups in total. The van der Waals surface area contributed by atoms with Crippen molar-refractivity contribution in [2.45, 2.75) is 61.9 Å². The van der Waals surface area contributed by atoms with Gasteiger partial charge < -0.3 is 0 Å². The van der Waals surface area contributed by atoms with Gasteiger partial charge in [0.05, 0.1) is 0 Å². The first-order valence-electron chi connectivity index (χ1n) is 9.71. The van der Waals surface area contributed by atoms with Crippen LogP contribution in [0.3, 0.4) is 0 Å². The van der Waals surface area contributed by atoms with Crippen LogP contribution in [0.15, 0.2) is 30.3 Å². The van der Waals surface area contributed by atoms with Gasteiger partial charge in [0, 0.05) is 0 Å². The van der Waals surface area contributed by atoms with Crippen molar-refractivity contribution in [3.63, 3.8) is 0 Å². The van der Waals surface area contributed by atoms with Crippen molar-refractivity contribution < 1.29 is 23.9 Å². The van der Waals surface area contributed by atoms with Crippen LogP contribution in [-0.2, 0) is 24.4 Å². The Hall–Kier alpha value is -2.05. The standard InChI is InChI=1S/C21H30N2O5Se/c1-21(2,3)28-20(26)23-12-8-11-17(23)18(24)22-16(19(25)27-4)14-29-13-15-9-6-5-7-10-15/h5-7,9-10,16-17H,8,11-14H2,1-4H3,(H,22,24)/t16-,17-/m0/s1. The van der Waals surface area contributed by atoms with Crippen molar-refractivity contribution in [2.75, 3.05) is 13.7 Å². The molecule has 0 radical (unpaired) electrons. The van der Waals surface area contributed by atoms with Gasteiger partial charge in [-0.2, -0.15) is 0 Å². The molecule has 2 rings (SSSR count). The molecule has 2 atom stereocenters. The quantitative estimate of drug-likeness (QED) is 0.490. The minimum absolute atomic E-state index is 0.119. The fourth-order valence-electron chi connectivity index (χ4n) is 3.03. The van der Waals surface area contributed by atoms with Crippen LogP contribution in [0.5, 0.6) is 0 Å². The summed E-state index contributed by atoms with van der Waals surface area (Å²) in [7, 11) is 1.31. The Morgan fingerprint density at radius 2 is 1.93 bits per heavy atom. The molecule has 160 valence electrons. The van der Waals surface area contributed by atoms with E-state index >= 15 is 0 Å². The molecule has 1 aliphatic rings. The molecule has 0 unspecified atom stereocenters. The van der Waals surface area contributed by atoms with Gasteiger partial charge in [-0.05, 0) is 0 Å². The van der Waals surface area contributed by atoms with E-state index in [2.05, 4.69) is 5.32 Å². The molecule has 1 aliphatic heterocycles. The summed E-state index contributed by atoms with van der Waals surface area (Å²) in [5.41, 5.74) is 0.573. The first kappa shape index (κ1) is 23.2. The number of amides is 2. The Labute approximate surface area is 178 Å². The molecular formula is C21H30N2O5Se. The van der Waals surface area contributed by atoms with E-state index in [-0.39, 0.29) is 20.9 Å². The average Bonchev–Trinajstić information content (AvgIpc) is 3.16. The summed E-state index contributed by atoms with van der Waals surface area (Å²) in [4.78, 5) is 38.9. The molecule has 1 aromatic carbocycles. The number of carbonyl (C=O) groups excluding carboxylic acids is 3. The molecule has 0 bridgehead atoms. The van der Waals surface area contributed by atoms with Gasteiger partial charge in [-0.3, -0.25) is 0 Å². The van der Waals surface area contributed by atoms with Crippen molar-refractivity contribution in [3.8, 4) is 0 Å². The molecule has 1 heterocycles. The number of carbonyl (C=O) groups is 3. The van der Waals surface area contributed by atoms with E-state index in [4.69, 9.17) is 9.47 Å². The monoisotopic (exact) mass is 470 g/mol. The second-order valence-corrected chi connectivity index (χ2v) is 10.1. The number of ether oxygens (including phenoxy) is 2. The third-order valence-electron chi connectivity index (χ3n) is 4.38. The number of hydrogen-bond donors (Lipinski definition) is 1. The average molecular weight is 469 g/mol. The number of esters is 1. The number of benzene rings is 1. The third-order valence-corrected chi connectivity index (χ3v) is 6.70. The van der Waals surface area contributed by atoms with Crippen molar-refractivity contribution in [2.24, 2.45) is 0 Å². The van der Waals surface area contributed by atoms with Crippen molar-refractivity contribution in [3.05, 3.63) is 35.9 Å². The van der Waals surface area contributed by atoms with Gasteiger partial charge in [-0.25, -0.2) is 0 Å². The van der Waals surface area contributed by atoms with Crippen molar-refractivity contribution >= 4 is 32.9 Å². The topological polar surface area (TPSA) is 84.9 Å². The summed E-state index contributed by atoms with van der Waals surface area (Å²) in [6.07, 6.45) is 0.768. The Balaban J connectivity index is 1.95. The summed E-state index contributed by atoms with van der Waals surface area (Å²) in [6, 6.07) is 8.68. The van der Waals surface area contributed by atoms with Crippen LogP contribution in [0, 0.1) is 0 Å². The van der Waals surface area contributed by atoms with E-state index in [1.165, 1.54) is 17.6 Å². The molecule has 1 fully saturated rings. The van der Waals surface area contributed by atoms with E-state index in [1.807, 2.05) is 30.3 Å². The molecule has 1 aromatic rings. The SMILES string of the molecule is COC(=O)[C@H](C[Se]Cc1ccccc1)NC(=O)[C@@H]1CCCN1C(=O)OC(C)(C)C. The van der Waals surface area contributed by atoms with Crippen LogP contribution < -0.4 is 5.32 Å². The molecule has 7 nitrogen and oxygen atoms in total. The molecule has 0 saturated carbocycles. The Bertz CT molecular complexity index is 705. The van der Waals surface area contributed by atoms with Gasteiger partial charge in [0.2, 0.25) is 0 Å². The Kier molecular flexibility index (Phi) is 8.53. The van der Waals surface area contributed by atoms with E-state index < -0.39 is 29.7 Å². The second-order valence-electron chi connectivity index (χ2n) is 7.92. The van der Waals surface area contributed by atoms with E-state index in [1.54, 1.807) is 20.8 Å². The van der Waals surface area contributed by atoms with Gasteiger partial charge in [0.25, 0.3) is 0 Å². The van der Waals surface area contributed by atoms with E-state index in [0.717, 1.165) is 11.7 Å². The number of nitrogens with zero attached hydrogens (tertiary/aromatic N) is 1. The van der Waals surface area contributed by atoms with Crippen LogP contribution in [0.25, 0.3) is 0 Å². The molecule has 8 heteroatoms. The zero-order chi connectivity index (χ0) is 21.4. The van der Waals surface area contributed by atoms with Gasteiger partial charge in [-0.1, -0.05) is 0 Å². The maximum atomic E-state index is 12.8. The molecule has 29 heavy (non-hydrogen) atoms. The van der Waals surface area contributed by atoms with Crippen LogP contribution in [0.2, 0.25) is 5.32 Å². The van der Waals surface area contributed by atoms with Crippen LogP contribution in [0.4, 0.5) is 4.79 Å². The van der Waals surface area contributed by atoms with Gasteiger partial charge in [-0.15, -0.1) is 0 Å². The third kappa shape index (κ3) is 7.37. The predicted molar refractivity (Wildman–Crippen MR) is 111 cm³/mol. The molecule has 0 aromatic heterocycles. The normalized spacial score (nSPS) is 17.5. The number of rotatable bonds is 7. The van der Waals surface area contributed by atoms with E-state index in [9.17, 15) is 14.4 Å². The van der Waals surface area contributed by atoms with Crippen molar-refractivity contribution in [1.29, 1.82) is 0 Å². The fraction of sp³-hybridized carbons (Fsp3) is 0.571. The molecule has 1 saturated heterocycles. The van der Waals surface area contributed by atoms with Gasteiger partial charge in [0.15, 0.2) is 0 Å². The molecular weight excluding hydrogens is 439 g/mol. The van der Waals surface area contributed by atoms with Crippen molar-refractivity contribution in [1.82, 2.24) is 10.2 Å². The number of nitrogens with one attached hydrogen (secondary N) is 1. The Morgan fingerprint density at radius 1 is 1.24 bits per heavy atom. The first-order valence-corrected chi connectivity index (χ1v) is 12.1. The zero-order valence-electron chi connectivity index (χ0n) is 17.5. The number of methoxy groups -OCH3 is 1. The van der Waals surface area contributed by atoms with Gasteiger partial charge >= 0.3 is 178 Å². The number of likely N-dealkylation sites (tertiary alicyclic amines) is 1. The van der Waals surface area contributed by atoms with Crippen LogP contribution >= 0.6 is 0 Å². The van der Waals surface area contributed by atoms with E-state index in [0.29, 0.717) is 18.3 Å². The minimum atomic E-state index is -0.711. The molecule has 0 spiro atoms. The summed E-state index contributed by atoms with van der Waals surface area (Å²) in [5.74, 6) is -0.797. The molecule has 2 amide bonds. The summed E-state index contributed by atoms with van der Waals surface area (Å²) in [6.45, 7) is 5.84. The molecule has 0 aliphatic carbocycles. The fourth-order valence-corrected chi connectivity index (χ4v) is 5.13. The summed E-state index contributed by atoms with van der Waals surface area (Å²) < 4.78 is 10.3. The second kappa shape index (κ2) is 10.6. The first-order chi connectivity index (χ1) is 13.7. The van der Waals surface area contributed by atoms with Crippen LogP contribution in [-0.4, -0.2) is 69.2 Å². The maximum absolute atomic E-state index is 12.8. The summed E-state index contributed by atoms with van der Waals surface area (Å²) in [5, 5.41) is 4.19. The van der Waals surface area contributed by atoms with Gasteiger partial charge in [0.1, 0.15) is 0 Å². The Morgan fingerprint density at radius 3 is 2.55 bits per heavy atom. The summed E-state index contributed by atoms with van der Waals surface area (Å²) >= 11 is 0.119. The zero-order valence-corrected chi connectivity index (χ0v) is 19.2. The number of hydrogen-bond acceptors (Lipinski definition) is 5.